The van der Waals surface area contributed by atoms with Gasteiger partial charge in [0.05, 0.1) is 23.4 Å². The Labute approximate surface area is 161 Å². The molecular weight excluding hydrogens is 367 g/mol. The Morgan fingerprint density at radius 2 is 1.86 bits per heavy atom. The van der Waals surface area contributed by atoms with Gasteiger partial charge in [-0.1, -0.05) is 24.3 Å². The smallest absolute Gasteiger partial charge is 0.370 e. The summed E-state index contributed by atoms with van der Waals surface area (Å²) in [5.74, 6) is -0.250. The zero-order chi connectivity index (χ0) is 19.9. The number of primary amides is 1. The summed E-state index contributed by atoms with van der Waals surface area (Å²) >= 11 is 0. The second kappa shape index (κ2) is 7.11. The van der Waals surface area contributed by atoms with E-state index in [9.17, 15) is 18.0 Å². The third-order valence-electron chi connectivity index (χ3n) is 5.76. The van der Waals surface area contributed by atoms with Crippen molar-refractivity contribution in [3.63, 3.8) is 0 Å². The molecule has 2 N–H and O–H groups in total. The van der Waals surface area contributed by atoms with Crippen LogP contribution in [0.25, 0.3) is 0 Å². The van der Waals surface area contributed by atoms with Crippen molar-refractivity contribution in [3.05, 3.63) is 59.4 Å². The van der Waals surface area contributed by atoms with Crippen LogP contribution in [0.1, 0.15) is 47.8 Å². The van der Waals surface area contributed by atoms with Crippen LogP contribution in [-0.4, -0.2) is 24.0 Å². The van der Waals surface area contributed by atoms with Crippen LogP contribution in [0.15, 0.2) is 42.7 Å². The highest BCUT2D eigenvalue weighted by Gasteiger charge is 2.36. The molecule has 1 aliphatic heterocycles. The number of aromatic nitrogens is 1. The van der Waals surface area contributed by atoms with Crippen molar-refractivity contribution in [2.24, 2.45) is 11.7 Å². The van der Waals surface area contributed by atoms with Gasteiger partial charge in [-0.3, -0.25) is 9.78 Å². The van der Waals surface area contributed by atoms with Gasteiger partial charge in [0.2, 0.25) is 5.91 Å². The van der Waals surface area contributed by atoms with Crippen LogP contribution >= 0.6 is 0 Å². The number of nitrogens with two attached hydrogens (primary N) is 1. The Hall–Kier alpha value is -2.57. The normalized spacial score (nSPS) is 21.0. The number of hydrogen-bond acceptors (Lipinski definition) is 3. The fourth-order valence-corrected chi connectivity index (χ4v) is 4.11. The number of nitrogens with zero attached hydrogens (tertiary/aromatic N) is 2. The second-order valence-corrected chi connectivity index (χ2v) is 7.75. The molecule has 148 valence electrons. The maximum Gasteiger partial charge on any atom is 0.417 e. The lowest BCUT2D eigenvalue weighted by atomic mass is 9.84. The molecule has 7 heteroatoms. The topological polar surface area (TPSA) is 59.2 Å². The van der Waals surface area contributed by atoms with E-state index in [1.54, 1.807) is 0 Å². The predicted molar refractivity (Wildman–Crippen MR) is 99.9 cm³/mol. The molecule has 1 saturated carbocycles. The fourth-order valence-electron chi connectivity index (χ4n) is 4.11. The van der Waals surface area contributed by atoms with E-state index in [1.165, 1.54) is 24.6 Å². The van der Waals surface area contributed by atoms with Gasteiger partial charge in [0.1, 0.15) is 0 Å². The van der Waals surface area contributed by atoms with Crippen molar-refractivity contribution < 1.29 is 18.0 Å². The SMILES string of the molecule is NC(=O)C(c1ccc(C2CC2)cc1)[C@H]1CCN(c2cncc(C(F)(F)F)c2)C1. The maximum absolute atomic E-state index is 13.0. The molecule has 2 atom stereocenters. The van der Waals surface area contributed by atoms with Crippen molar-refractivity contribution in [1.82, 2.24) is 4.98 Å². The number of anilines is 1. The molecule has 4 nitrogen and oxygen atoms in total. The second-order valence-electron chi connectivity index (χ2n) is 7.75. The molecule has 1 amide bonds. The van der Waals surface area contributed by atoms with E-state index in [4.69, 9.17) is 5.73 Å². The average Bonchev–Trinajstić information content (AvgIpc) is 3.40. The third kappa shape index (κ3) is 3.84. The fraction of sp³-hybridized carbons (Fsp3) is 0.429. The average molecular weight is 389 g/mol. The monoisotopic (exact) mass is 389 g/mol. The number of halogens is 3. The van der Waals surface area contributed by atoms with Crippen molar-refractivity contribution in [2.75, 3.05) is 18.0 Å². The summed E-state index contributed by atoms with van der Waals surface area (Å²) in [7, 11) is 0. The lowest BCUT2D eigenvalue weighted by molar-refractivity contribution is -0.137. The number of carbonyl (C=O) groups is 1. The first-order valence-electron chi connectivity index (χ1n) is 9.49. The van der Waals surface area contributed by atoms with Crippen LogP contribution in [-0.2, 0) is 11.0 Å². The number of amides is 1. The van der Waals surface area contributed by atoms with Gasteiger partial charge < -0.3 is 10.6 Å². The van der Waals surface area contributed by atoms with E-state index < -0.39 is 23.6 Å². The number of rotatable bonds is 5. The summed E-state index contributed by atoms with van der Waals surface area (Å²) in [6.07, 6.45) is 0.934. The van der Waals surface area contributed by atoms with E-state index in [0.717, 1.165) is 17.8 Å². The van der Waals surface area contributed by atoms with Gasteiger partial charge in [-0.25, -0.2) is 0 Å². The molecule has 1 unspecified atom stereocenters. The Morgan fingerprint density at radius 1 is 1.14 bits per heavy atom. The van der Waals surface area contributed by atoms with E-state index in [0.29, 0.717) is 31.1 Å². The van der Waals surface area contributed by atoms with E-state index in [2.05, 4.69) is 17.1 Å². The zero-order valence-electron chi connectivity index (χ0n) is 15.3. The molecule has 1 saturated heterocycles. The zero-order valence-corrected chi connectivity index (χ0v) is 15.3. The highest BCUT2D eigenvalue weighted by atomic mass is 19.4. The van der Waals surface area contributed by atoms with Crippen molar-refractivity contribution in [2.45, 2.75) is 37.3 Å². The highest BCUT2D eigenvalue weighted by molar-refractivity contribution is 5.82. The summed E-state index contributed by atoms with van der Waals surface area (Å²) in [4.78, 5) is 17.8. The van der Waals surface area contributed by atoms with Crippen LogP contribution in [0.5, 0.6) is 0 Å². The van der Waals surface area contributed by atoms with Crippen LogP contribution in [0.2, 0.25) is 0 Å². The van der Waals surface area contributed by atoms with Gasteiger partial charge in [-0.2, -0.15) is 13.2 Å². The Bertz CT molecular complexity index is 862. The van der Waals surface area contributed by atoms with Crippen molar-refractivity contribution in [1.29, 1.82) is 0 Å². The minimum Gasteiger partial charge on any atom is -0.370 e. The molecule has 2 fully saturated rings. The largest absolute Gasteiger partial charge is 0.417 e. The lowest BCUT2D eigenvalue weighted by Crippen LogP contribution is -2.30. The first kappa shape index (κ1) is 18.8. The van der Waals surface area contributed by atoms with Crippen LogP contribution < -0.4 is 10.6 Å². The van der Waals surface area contributed by atoms with Gasteiger partial charge >= 0.3 is 6.18 Å². The molecule has 1 aromatic heterocycles. The molecule has 1 aliphatic carbocycles. The van der Waals surface area contributed by atoms with Crippen molar-refractivity contribution in [3.8, 4) is 0 Å². The van der Waals surface area contributed by atoms with Gasteiger partial charge in [0.25, 0.3) is 0 Å². The predicted octanol–water partition coefficient (Wildman–Crippen LogP) is 4.07. The summed E-state index contributed by atoms with van der Waals surface area (Å²) < 4.78 is 38.9. The number of pyridine rings is 1. The van der Waals surface area contributed by atoms with Crippen LogP contribution in [0.4, 0.5) is 18.9 Å². The Morgan fingerprint density at radius 3 is 2.46 bits per heavy atom. The third-order valence-corrected chi connectivity index (χ3v) is 5.76. The molecule has 2 heterocycles. The Kier molecular flexibility index (Phi) is 4.77. The van der Waals surface area contributed by atoms with Crippen molar-refractivity contribution >= 4 is 11.6 Å². The van der Waals surface area contributed by atoms with E-state index >= 15 is 0 Å². The molecule has 0 bridgehead atoms. The minimum atomic E-state index is -4.43. The molecule has 0 radical (unpaired) electrons. The maximum atomic E-state index is 13.0. The minimum absolute atomic E-state index is 0.0428. The molecular formula is C21H22F3N3O. The van der Waals surface area contributed by atoms with Crippen LogP contribution in [0, 0.1) is 5.92 Å². The first-order chi connectivity index (χ1) is 13.3. The lowest BCUT2D eigenvalue weighted by Gasteiger charge is -2.23. The van der Waals surface area contributed by atoms with Crippen LogP contribution in [0.3, 0.4) is 0 Å². The summed E-state index contributed by atoms with van der Waals surface area (Å²) in [6, 6.07) is 9.17. The van der Waals surface area contributed by atoms with E-state index in [1.807, 2.05) is 17.0 Å². The molecule has 0 spiro atoms. The quantitative estimate of drug-likeness (QED) is 0.839. The number of benzene rings is 1. The molecule has 1 aromatic carbocycles. The van der Waals surface area contributed by atoms with Gasteiger partial charge in [0, 0.05) is 19.3 Å². The summed E-state index contributed by atoms with van der Waals surface area (Å²) in [5.41, 5.74) is 7.53. The molecule has 2 aromatic rings. The van der Waals surface area contributed by atoms with Gasteiger partial charge in [-0.05, 0) is 48.3 Å². The summed E-state index contributed by atoms with van der Waals surface area (Å²) in [6.45, 7) is 1.04. The number of carbonyl (C=O) groups excluding carboxylic acids is 1. The standard InChI is InChI=1S/C21H22F3N3O/c22-21(23,24)17-9-18(11-26-10-17)27-8-7-16(12-27)19(20(25)28)15-5-3-14(4-6-15)13-1-2-13/h3-6,9-11,13,16,19H,1-2,7-8,12H2,(H2,25,28)/t16-,19?/m0/s1. The van der Waals surface area contributed by atoms with E-state index in [-0.39, 0.29) is 5.92 Å². The molecule has 2 aliphatic rings. The first-order valence-corrected chi connectivity index (χ1v) is 9.49. The van der Waals surface area contributed by atoms with Gasteiger partial charge in [0.15, 0.2) is 0 Å². The number of hydrogen-bond donors (Lipinski definition) is 1. The molecule has 4 rings (SSSR count). The van der Waals surface area contributed by atoms with Gasteiger partial charge in [-0.15, -0.1) is 0 Å². The number of alkyl halides is 3. The molecule has 28 heavy (non-hydrogen) atoms. The highest BCUT2D eigenvalue weighted by Crippen LogP contribution is 2.41. The Balaban J connectivity index is 1.52. The summed E-state index contributed by atoms with van der Waals surface area (Å²) in [5, 5.41) is 0.